The van der Waals surface area contributed by atoms with Crippen LogP contribution in [-0.4, -0.2) is 37.1 Å². The predicted molar refractivity (Wildman–Crippen MR) is 513 cm³/mol. The van der Waals surface area contributed by atoms with Crippen molar-refractivity contribution in [2.45, 2.75) is 38.9 Å². The molecular weight excluding hydrogens is 1520 g/mol. The van der Waals surface area contributed by atoms with Gasteiger partial charge in [0, 0.05) is 26.0 Å². The van der Waals surface area contributed by atoms with Crippen molar-refractivity contribution in [2.75, 3.05) is 0 Å². The van der Waals surface area contributed by atoms with E-state index in [-0.39, 0.29) is 18.3 Å². The zero-order valence-corrected chi connectivity index (χ0v) is 68.1. The van der Waals surface area contributed by atoms with E-state index in [1.165, 1.54) is 163 Å². The molecule has 120 heavy (non-hydrogen) atoms. The lowest BCUT2D eigenvalue weighted by atomic mass is 9.78. The summed E-state index contributed by atoms with van der Waals surface area (Å²) in [4.78, 5) is 10.0. The molecule has 0 aliphatic carbocycles. The van der Waals surface area contributed by atoms with Crippen LogP contribution in [-0.2, 0) is 9.31 Å². The minimum atomic E-state index is -0.381. The summed E-state index contributed by atoms with van der Waals surface area (Å²) in [6.45, 7) is 8.35. The maximum Gasteiger partial charge on any atom is 0.494 e. The second-order valence-electron chi connectivity index (χ2n) is 33.0. The van der Waals surface area contributed by atoms with Gasteiger partial charge in [-0.15, -0.1) is 0 Å². The van der Waals surface area contributed by atoms with Crippen molar-refractivity contribution in [3.63, 3.8) is 0 Å². The topological polar surface area (TPSA) is 53.1 Å². The van der Waals surface area contributed by atoms with Crippen molar-refractivity contribution in [1.82, 2.24) is 18.8 Å². The molecule has 1 saturated heterocycles. The summed E-state index contributed by atoms with van der Waals surface area (Å²) in [6.07, 6.45) is 0. The van der Waals surface area contributed by atoms with Gasteiger partial charge in [-0.05, 0) is 271 Å². The summed E-state index contributed by atoms with van der Waals surface area (Å²) >= 11 is 3.76. The largest absolute Gasteiger partial charge is 0.494 e. The minimum Gasteiger partial charge on any atom is -0.399 e. The maximum atomic E-state index is 6.31. The molecule has 1 aliphatic rings. The van der Waals surface area contributed by atoms with Crippen LogP contribution in [0.5, 0.6) is 0 Å². The molecule has 8 heteroatoms. The molecule has 566 valence electrons. The summed E-state index contributed by atoms with van der Waals surface area (Å²) in [7, 11) is -0.381. The van der Waals surface area contributed by atoms with E-state index in [0.29, 0.717) is 0 Å². The summed E-state index contributed by atoms with van der Waals surface area (Å²) in [6, 6.07) is 141. The molecule has 0 atom stereocenters. The molecule has 0 unspecified atom stereocenters. The Morgan fingerprint density at radius 2 is 0.533 bits per heavy atom. The lowest BCUT2D eigenvalue weighted by Crippen LogP contribution is -2.41. The molecule has 5 heterocycles. The number of rotatable bonds is 6. The lowest BCUT2D eigenvalue weighted by molar-refractivity contribution is 0.00578. The number of benzene rings is 20. The number of hydrogen-bond acceptors (Lipinski definition) is 4. The third-order valence-corrected chi connectivity index (χ3v) is 26.1. The number of pyridine rings is 2. The Kier molecular flexibility index (Phi) is 16.6. The van der Waals surface area contributed by atoms with E-state index in [2.05, 4.69) is 435 Å². The minimum absolute atomic E-state index is 0.362. The molecule has 0 N–H and O–H groups in total. The van der Waals surface area contributed by atoms with E-state index < -0.39 is 0 Å². The number of imidazole rings is 2. The van der Waals surface area contributed by atoms with Crippen molar-refractivity contribution in [1.29, 1.82) is 0 Å². The molecule has 6 nitrogen and oxygen atoms in total. The van der Waals surface area contributed by atoms with Crippen molar-refractivity contribution >= 4 is 191 Å². The number of para-hydroxylation sites is 4. The first-order chi connectivity index (χ1) is 58.9. The average Bonchev–Trinajstić information content (AvgIpc) is 0.975. The van der Waals surface area contributed by atoms with Crippen LogP contribution in [0.1, 0.15) is 27.7 Å². The summed E-state index contributed by atoms with van der Waals surface area (Å²) in [5, 5.41) is 27.2. The molecule has 20 aromatic carbocycles. The molecule has 0 amide bonds. The van der Waals surface area contributed by atoms with E-state index in [9.17, 15) is 0 Å². The molecule has 4 aromatic heterocycles. The quantitative estimate of drug-likeness (QED) is 0.0946. The van der Waals surface area contributed by atoms with Crippen molar-refractivity contribution in [3.8, 4) is 55.6 Å². The van der Waals surface area contributed by atoms with Crippen molar-refractivity contribution < 1.29 is 9.31 Å². The summed E-state index contributed by atoms with van der Waals surface area (Å²) in [5.41, 5.74) is 21.3. The third-order valence-electron chi connectivity index (χ3n) is 25.6. The van der Waals surface area contributed by atoms with Crippen LogP contribution < -0.4 is 5.46 Å². The Bertz CT molecular complexity index is 8410. The Morgan fingerprint density at radius 3 is 0.958 bits per heavy atom. The van der Waals surface area contributed by atoms with Gasteiger partial charge in [0.2, 0.25) is 0 Å². The Balaban J connectivity index is 0.000000112. The lowest BCUT2D eigenvalue weighted by Gasteiger charge is -2.32. The van der Waals surface area contributed by atoms with Crippen LogP contribution in [0.25, 0.3) is 219 Å². The van der Waals surface area contributed by atoms with Crippen molar-refractivity contribution in [2.24, 2.45) is 0 Å². The standard InChI is InChI=1S/C53H32N2.C34H21Br.C25H23BN2O2/c1-3-13-35-29-39(23-21-33(35)11-1)51-42-16-6-7-17-43(42)52(40-24-22-34-12-2-4-14-36(34)30-40)47-32-37(25-27-44(47)51)38-26-28-49-46(31-38)41-15-5-8-18-45(41)53-54-48-19-9-10-20-50(48)55(49)53;35-28-17-18-31-32(21-28)34(27-16-14-23-8-2-4-10-25(23)20-27)30-12-6-5-11-29(30)33(31)26-15-13-22-7-1-3-9-24(22)19-26;1-24(2)25(3,4)30-26(29-24)16-13-14-21-19(15-16)17-9-5-6-10-18(17)23-27-20-11-7-8-12-22(20)28(21)23/h1-32H;1-21H;5-15H,1-4H3. The first-order valence-electron chi connectivity index (χ1n) is 41.3. The molecule has 25 rings (SSSR count). The smallest absolute Gasteiger partial charge is 0.399 e. The number of hydrogen-bond donors (Lipinski definition) is 0. The first kappa shape index (κ1) is 71.2. The van der Waals surface area contributed by atoms with Gasteiger partial charge >= 0.3 is 7.12 Å². The fourth-order valence-corrected chi connectivity index (χ4v) is 19.4. The van der Waals surface area contributed by atoms with Crippen LogP contribution in [0.15, 0.2) is 393 Å². The van der Waals surface area contributed by atoms with E-state index >= 15 is 0 Å². The van der Waals surface area contributed by atoms with Crippen LogP contribution in [0.2, 0.25) is 0 Å². The third kappa shape index (κ3) is 11.7. The summed E-state index contributed by atoms with van der Waals surface area (Å²) < 4.78 is 18.3. The highest BCUT2D eigenvalue weighted by Gasteiger charge is 2.52. The molecule has 0 bridgehead atoms. The predicted octanol–water partition coefficient (Wildman–Crippen LogP) is 29.9. The molecule has 24 aromatic rings. The monoisotopic (exact) mass is 1600 g/mol. The molecule has 0 spiro atoms. The second-order valence-corrected chi connectivity index (χ2v) is 33.9. The highest BCUT2D eigenvalue weighted by atomic mass is 79.9. The maximum absolute atomic E-state index is 6.31. The normalized spacial score (nSPS) is 13.4. The highest BCUT2D eigenvalue weighted by molar-refractivity contribution is 9.10. The van der Waals surface area contributed by atoms with Crippen LogP contribution in [0.4, 0.5) is 0 Å². The molecule has 1 fully saturated rings. The van der Waals surface area contributed by atoms with Gasteiger partial charge < -0.3 is 9.31 Å². The fourth-order valence-electron chi connectivity index (χ4n) is 19.1. The van der Waals surface area contributed by atoms with E-state index in [0.717, 1.165) is 65.1 Å². The van der Waals surface area contributed by atoms with E-state index in [1.807, 2.05) is 6.07 Å². The number of halogens is 1. The van der Waals surface area contributed by atoms with E-state index in [4.69, 9.17) is 19.3 Å². The zero-order chi connectivity index (χ0) is 80.1. The van der Waals surface area contributed by atoms with Crippen LogP contribution >= 0.6 is 15.9 Å². The Labute approximate surface area is 701 Å². The molecule has 0 radical (unpaired) electrons. The summed E-state index contributed by atoms with van der Waals surface area (Å²) in [5.74, 6) is 0. The zero-order valence-electron chi connectivity index (χ0n) is 66.5. The first-order valence-corrected chi connectivity index (χ1v) is 42.1. The van der Waals surface area contributed by atoms with Crippen LogP contribution in [0, 0.1) is 0 Å². The van der Waals surface area contributed by atoms with Gasteiger partial charge in [0.25, 0.3) is 0 Å². The van der Waals surface area contributed by atoms with Gasteiger partial charge in [0.05, 0.1) is 44.3 Å². The number of nitrogens with zero attached hydrogens (tertiary/aromatic N) is 4. The second kappa shape index (κ2) is 28.0. The van der Waals surface area contributed by atoms with Crippen molar-refractivity contribution in [3.05, 3.63) is 393 Å². The SMILES string of the molecule is Brc1ccc2c(-c3ccc4ccccc4c3)c3ccccc3c(-c3ccc4ccccc4c3)c2c1.CC1(C)OB(c2ccc3c(c2)c2ccccc2c2nc4ccccc4n32)OC1(C)C.c1ccc2cc(-c3c4ccccc4c(-c4ccc5ccccc5c4)c4cc(-c5ccc6c(c5)c5ccccc5c5nc7ccccc7n65)ccc34)ccc2c1. The number of aromatic nitrogens is 4. The Morgan fingerprint density at radius 1 is 0.233 bits per heavy atom. The van der Waals surface area contributed by atoms with Gasteiger partial charge in [0.1, 0.15) is 11.3 Å². The van der Waals surface area contributed by atoms with Crippen LogP contribution in [0.3, 0.4) is 0 Å². The van der Waals surface area contributed by atoms with E-state index in [1.54, 1.807) is 0 Å². The van der Waals surface area contributed by atoms with Gasteiger partial charge in [-0.3, -0.25) is 8.80 Å². The number of fused-ring (bicyclic) bond motifs is 24. The highest BCUT2D eigenvalue weighted by Crippen LogP contribution is 2.49. The fraction of sp³-hybridized carbons (Fsp3) is 0.0536. The Hall–Kier alpha value is -14.1. The van der Waals surface area contributed by atoms with Gasteiger partial charge in [-0.2, -0.15) is 0 Å². The molecule has 0 saturated carbocycles. The molecular formula is C112H76BBrN4O2. The van der Waals surface area contributed by atoms with Gasteiger partial charge in [0.15, 0.2) is 0 Å². The van der Waals surface area contributed by atoms with Gasteiger partial charge in [-0.25, -0.2) is 9.97 Å². The van der Waals surface area contributed by atoms with Gasteiger partial charge in [-0.1, -0.05) is 319 Å². The average molecular weight is 1600 g/mol. The molecule has 1 aliphatic heterocycles.